The van der Waals surface area contributed by atoms with Gasteiger partial charge in [0.2, 0.25) is 5.91 Å². The van der Waals surface area contributed by atoms with E-state index in [1.54, 1.807) is 0 Å². The van der Waals surface area contributed by atoms with Crippen LogP contribution in [0, 0.1) is 5.92 Å². The molecule has 0 bridgehead atoms. The number of likely N-dealkylation sites (tertiary alicyclic amines) is 1. The molecule has 0 aliphatic carbocycles. The molecule has 1 fully saturated rings. The lowest BCUT2D eigenvalue weighted by molar-refractivity contribution is -0.132. The van der Waals surface area contributed by atoms with Crippen LogP contribution in [0.15, 0.2) is 30.3 Å². The largest absolute Gasteiger partial charge is 0.340 e. The molecule has 2 unspecified atom stereocenters. The highest BCUT2D eigenvalue weighted by Crippen LogP contribution is 2.22. The first-order valence-corrected chi connectivity index (χ1v) is 7.84. The van der Waals surface area contributed by atoms with Crippen LogP contribution >= 0.6 is 0 Å². The van der Waals surface area contributed by atoms with E-state index >= 15 is 0 Å². The third-order valence-electron chi connectivity index (χ3n) is 4.50. The van der Waals surface area contributed by atoms with Gasteiger partial charge in [-0.15, -0.1) is 0 Å². The normalized spacial score (nSPS) is 23.0. The second kappa shape index (κ2) is 7.57. The first kappa shape index (κ1) is 16.0. The lowest BCUT2D eigenvalue weighted by Gasteiger charge is -2.39. The molecule has 1 heterocycles. The minimum absolute atomic E-state index is 0.173. The fourth-order valence-electron chi connectivity index (χ4n) is 3.15. The van der Waals surface area contributed by atoms with E-state index in [-0.39, 0.29) is 5.91 Å². The zero-order valence-corrected chi connectivity index (χ0v) is 13.2. The van der Waals surface area contributed by atoms with Crippen LogP contribution in [0.25, 0.3) is 0 Å². The Hall–Kier alpha value is -1.39. The van der Waals surface area contributed by atoms with Crippen molar-refractivity contribution < 1.29 is 4.79 Å². The highest BCUT2D eigenvalue weighted by Gasteiger charge is 2.29. The molecule has 1 aromatic rings. The Balaban J connectivity index is 1.90. The van der Waals surface area contributed by atoms with Gasteiger partial charge in [-0.25, -0.2) is 0 Å². The molecular weight excluding hydrogens is 262 g/mol. The van der Waals surface area contributed by atoms with E-state index in [1.807, 2.05) is 30.1 Å². The number of benzene rings is 1. The zero-order chi connectivity index (χ0) is 15.2. The summed E-state index contributed by atoms with van der Waals surface area (Å²) < 4.78 is 0. The summed E-state index contributed by atoms with van der Waals surface area (Å²) in [5.74, 6) is 0.752. The molecule has 21 heavy (non-hydrogen) atoms. The number of likely N-dealkylation sites (N-methyl/N-ethyl adjacent to an activating group) is 1. The summed E-state index contributed by atoms with van der Waals surface area (Å²) in [7, 11) is 1.88. The molecule has 4 heteroatoms. The number of carbonyl (C=O) groups excluding carboxylic acids is 1. The van der Waals surface area contributed by atoms with Crippen molar-refractivity contribution in [2.45, 2.75) is 32.4 Å². The van der Waals surface area contributed by atoms with Gasteiger partial charge in [-0.1, -0.05) is 37.3 Å². The molecule has 1 saturated heterocycles. The molecule has 116 valence electrons. The summed E-state index contributed by atoms with van der Waals surface area (Å²) in [4.78, 5) is 16.5. The van der Waals surface area contributed by atoms with Gasteiger partial charge in [-0.05, 0) is 30.9 Å². The molecule has 1 aliphatic heterocycles. The summed E-state index contributed by atoms with van der Waals surface area (Å²) >= 11 is 0. The Bertz CT molecular complexity index is 449. The molecule has 1 amide bonds. The predicted octanol–water partition coefficient (Wildman–Crippen LogP) is 1.70. The first-order valence-electron chi connectivity index (χ1n) is 7.84. The zero-order valence-electron chi connectivity index (χ0n) is 13.2. The van der Waals surface area contributed by atoms with Crippen LogP contribution in [0.3, 0.4) is 0 Å². The Labute approximate surface area is 127 Å². The van der Waals surface area contributed by atoms with E-state index in [9.17, 15) is 4.79 Å². The molecule has 0 spiro atoms. The van der Waals surface area contributed by atoms with Gasteiger partial charge >= 0.3 is 0 Å². The SMILES string of the molecule is CC1CCCN(CC(=O)N(C)Cc2ccccc2)C1CN. The van der Waals surface area contributed by atoms with Crippen LogP contribution in [-0.4, -0.2) is 48.4 Å². The molecular formula is C17H27N3O. The Morgan fingerprint density at radius 1 is 1.38 bits per heavy atom. The van der Waals surface area contributed by atoms with Crippen LogP contribution in [-0.2, 0) is 11.3 Å². The van der Waals surface area contributed by atoms with Gasteiger partial charge in [-0.3, -0.25) is 9.69 Å². The Morgan fingerprint density at radius 3 is 2.76 bits per heavy atom. The molecule has 0 saturated carbocycles. The number of rotatable bonds is 5. The van der Waals surface area contributed by atoms with Crippen LogP contribution in [0.4, 0.5) is 0 Å². The third-order valence-corrected chi connectivity index (χ3v) is 4.50. The van der Waals surface area contributed by atoms with E-state index in [0.717, 1.165) is 18.5 Å². The minimum atomic E-state index is 0.173. The highest BCUT2D eigenvalue weighted by atomic mass is 16.2. The summed E-state index contributed by atoms with van der Waals surface area (Å²) in [6.07, 6.45) is 2.37. The monoisotopic (exact) mass is 289 g/mol. The van der Waals surface area contributed by atoms with Gasteiger partial charge < -0.3 is 10.6 Å². The van der Waals surface area contributed by atoms with Crippen molar-refractivity contribution in [2.24, 2.45) is 11.7 Å². The molecule has 1 aromatic carbocycles. The van der Waals surface area contributed by atoms with Crippen molar-refractivity contribution >= 4 is 5.91 Å². The first-order chi connectivity index (χ1) is 10.1. The number of amides is 1. The van der Waals surface area contributed by atoms with Crippen molar-refractivity contribution in [2.75, 3.05) is 26.7 Å². The third kappa shape index (κ3) is 4.29. The predicted molar refractivity (Wildman–Crippen MR) is 85.7 cm³/mol. The standard InChI is InChI=1S/C17H27N3O/c1-14-7-6-10-20(16(14)11-18)13-17(21)19(2)12-15-8-4-3-5-9-15/h3-5,8-9,14,16H,6-7,10-13,18H2,1-2H3. The maximum Gasteiger partial charge on any atom is 0.236 e. The maximum atomic E-state index is 12.4. The van der Waals surface area contributed by atoms with E-state index in [4.69, 9.17) is 5.73 Å². The molecule has 2 atom stereocenters. The van der Waals surface area contributed by atoms with Crippen LogP contribution in [0.1, 0.15) is 25.3 Å². The molecule has 2 N–H and O–H groups in total. The number of hydrogen-bond acceptors (Lipinski definition) is 3. The van der Waals surface area contributed by atoms with Crippen molar-refractivity contribution in [3.05, 3.63) is 35.9 Å². The Kier molecular flexibility index (Phi) is 5.76. The van der Waals surface area contributed by atoms with Crippen LogP contribution in [0.5, 0.6) is 0 Å². The summed E-state index contributed by atoms with van der Waals surface area (Å²) in [6.45, 7) is 5.00. The van der Waals surface area contributed by atoms with Crippen molar-refractivity contribution in [3.8, 4) is 0 Å². The second-order valence-corrected chi connectivity index (χ2v) is 6.13. The van der Waals surface area contributed by atoms with E-state index in [2.05, 4.69) is 24.0 Å². The number of nitrogens with two attached hydrogens (primary N) is 1. The molecule has 1 aliphatic rings. The van der Waals surface area contributed by atoms with Gasteiger partial charge in [-0.2, -0.15) is 0 Å². The van der Waals surface area contributed by atoms with Crippen molar-refractivity contribution in [1.29, 1.82) is 0 Å². The van der Waals surface area contributed by atoms with Crippen molar-refractivity contribution in [3.63, 3.8) is 0 Å². The van der Waals surface area contributed by atoms with Crippen molar-refractivity contribution in [1.82, 2.24) is 9.80 Å². The highest BCUT2D eigenvalue weighted by molar-refractivity contribution is 5.78. The lowest BCUT2D eigenvalue weighted by atomic mass is 9.91. The second-order valence-electron chi connectivity index (χ2n) is 6.13. The summed E-state index contributed by atoms with van der Waals surface area (Å²) in [6, 6.07) is 10.4. The quantitative estimate of drug-likeness (QED) is 0.897. The molecule has 0 radical (unpaired) electrons. The lowest BCUT2D eigenvalue weighted by Crippen LogP contribution is -2.52. The van der Waals surface area contributed by atoms with Gasteiger partial charge in [0.05, 0.1) is 6.54 Å². The van der Waals surface area contributed by atoms with Gasteiger partial charge in [0, 0.05) is 26.2 Å². The summed E-state index contributed by atoms with van der Waals surface area (Å²) in [5.41, 5.74) is 7.06. The smallest absolute Gasteiger partial charge is 0.236 e. The molecule has 2 rings (SSSR count). The minimum Gasteiger partial charge on any atom is -0.340 e. The van der Waals surface area contributed by atoms with Gasteiger partial charge in [0.25, 0.3) is 0 Å². The average Bonchev–Trinajstić information content (AvgIpc) is 2.48. The van der Waals surface area contributed by atoms with Gasteiger partial charge in [0.15, 0.2) is 0 Å². The van der Waals surface area contributed by atoms with E-state index in [0.29, 0.717) is 31.6 Å². The number of carbonyl (C=O) groups is 1. The summed E-state index contributed by atoms with van der Waals surface area (Å²) in [5, 5.41) is 0. The number of nitrogens with zero attached hydrogens (tertiary/aromatic N) is 2. The maximum absolute atomic E-state index is 12.4. The molecule has 4 nitrogen and oxygen atoms in total. The number of hydrogen-bond donors (Lipinski definition) is 1. The van der Waals surface area contributed by atoms with Crippen LogP contribution in [0.2, 0.25) is 0 Å². The van der Waals surface area contributed by atoms with E-state index in [1.165, 1.54) is 6.42 Å². The average molecular weight is 289 g/mol. The fourth-order valence-corrected chi connectivity index (χ4v) is 3.15. The topological polar surface area (TPSA) is 49.6 Å². The van der Waals surface area contributed by atoms with Crippen LogP contribution < -0.4 is 5.73 Å². The molecule has 0 aromatic heterocycles. The van der Waals surface area contributed by atoms with E-state index < -0.39 is 0 Å². The fraction of sp³-hybridized carbons (Fsp3) is 0.588. The number of piperidine rings is 1. The Morgan fingerprint density at radius 2 is 2.10 bits per heavy atom. The van der Waals surface area contributed by atoms with Gasteiger partial charge in [0.1, 0.15) is 0 Å².